The first kappa shape index (κ1) is 17.2. The number of likely N-dealkylation sites (tertiary alicyclic amines) is 1. The van der Waals surface area contributed by atoms with Crippen LogP contribution in [0.4, 0.5) is 4.39 Å². The molecular formula is C18H19FN6O2. The second-order valence-electron chi connectivity index (χ2n) is 7.33. The van der Waals surface area contributed by atoms with Crippen LogP contribution in [0.2, 0.25) is 0 Å². The van der Waals surface area contributed by atoms with Crippen molar-refractivity contribution in [2.45, 2.75) is 26.4 Å². The van der Waals surface area contributed by atoms with E-state index in [0.29, 0.717) is 12.4 Å². The molecule has 0 aliphatic carbocycles. The zero-order valence-corrected chi connectivity index (χ0v) is 15.0. The third-order valence-electron chi connectivity index (χ3n) is 4.89. The van der Waals surface area contributed by atoms with E-state index in [2.05, 4.69) is 29.0 Å². The van der Waals surface area contributed by atoms with Crippen LogP contribution in [0.25, 0.3) is 5.69 Å². The monoisotopic (exact) mass is 370 g/mol. The second-order valence-corrected chi connectivity index (χ2v) is 7.33. The van der Waals surface area contributed by atoms with Crippen molar-refractivity contribution in [3.8, 4) is 5.69 Å². The van der Waals surface area contributed by atoms with Crippen LogP contribution in [0.3, 0.4) is 0 Å². The molecule has 8 nitrogen and oxygen atoms in total. The van der Waals surface area contributed by atoms with E-state index in [1.54, 1.807) is 29.4 Å². The lowest BCUT2D eigenvalue weighted by molar-refractivity contribution is -0.153. The highest BCUT2D eigenvalue weighted by atomic mass is 19.1. The number of imidazole rings is 1. The Morgan fingerprint density at radius 3 is 2.70 bits per heavy atom. The van der Waals surface area contributed by atoms with E-state index in [4.69, 9.17) is 0 Å². The highest BCUT2D eigenvalue weighted by molar-refractivity contribution is 5.77. The average Bonchev–Trinajstić information content (AvgIpc) is 3.23. The lowest BCUT2D eigenvalue weighted by atomic mass is 9.74. The van der Waals surface area contributed by atoms with Gasteiger partial charge in [0, 0.05) is 30.0 Å². The van der Waals surface area contributed by atoms with E-state index < -0.39 is 5.69 Å². The number of hydrogen-bond donors (Lipinski definition) is 1. The standard InChI is InChI=1S/C18H19FN6O2/c1-18(2)10-25(14(26)9-23-11-21-22-17(23)27)15(18)16-20-7-8-24(16)13-5-3-12(19)4-6-13/h3-8,11,15H,9-10H2,1-2H3,(H,22,27). The van der Waals surface area contributed by atoms with Crippen LogP contribution in [0, 0.1) is 11.2 Å². The molecule has 0 saturated carbocycles. The summed E-state index contributed by atoms with van der Waals surface area (Å²) in [5, 5.41) is 5.92. The first-order valence-electron chi connectivity index (χ1n) is 8.55. The molecule has 1 N–H and O–H groups in total. The highest BCUT2D eigenvalue weighted by Gasteiger charge is 2.50. The van der Waals surface area contributed by atoms with Crippen molar-refractivity contribution >= 4 is 5.91 Å². The maximum Gasteiger partial charge on any atom is 0.343 e. The summed E-state index contributed by atoms with van der Waals surface area (Å²) >= 11 is 0. The molecule has 4 rings (SSSR count). The van der Waals surface area contributed by atoms with Gasteiger partial charge in [0.15, 0.2) is 0 Å². The van der Waals surface area contributed by atoms with Crippen LogP contribution in [0.5, 0.6) is 0 Å². The maximum atomic E-state index is 13.3. The fourth-order valence-electron chi connectivity index (χ4n) is 3.60. The smallest absolute Gasteiger partial charge is 0.330 e. The summed E-state index contributed by atoms with van der Waals surface area (Å²) in [5.74, 6) is 0.203. The van der Waals surface area contributed by atoms with Crippen LogP contribution >= 0.6 is 0 Å². The number of nitrogens with one attached hydrogen (secondary N) is 1. The summed E-state index contributed by atoms with van der Waals surface area (Å²) in [4.78, 5) is 30.6. The Labute approximate surface area is 154 Å². The second kappa shape index (κ2) is 6.19. The minimum atomic E-state index is -0.424. The number of halogens is 1. The summed E-state index contributed by atoms with van der Waals surface area (Å²) in [5.41, 5.74) is 0.165. The summed E-state index contributed by atoms with van der Waals surface area (Å²) in [7, 11) is 0. The Kier molecular flexibility index (Phi) is 3.94. The van der Waals surface area contributed by atoms with E-state index in [-0.39, 0.29) is 29.7 Å². The number of amides is 1. The van der Waals surface area contributed by atoms with Gasteiger partial charge in [-0.1, -0.05) is 13.8 Å². The summed E-state index contributed by atoms with van der Waals surface area (Å²) in [6.45, 7) is 4.60. The van der Waals surface area contributed by atoms with E-state index in [9.17, 15) is 14.0 Å². The molecule has 1 amide bonds. The van der Waals surface area contributed by atoms with Crippen LogP contribution in [0.1, 0.15) is 25.7 Å². The molecule has 1 aliphatic rings. The van der Waals surface area contributed by atoms with Gasteiger partial charge >= 0.3 is 5.69 Å². The Hall–Kier alpha value is -3.23. The molecule has 3 aromatic rings. The molecule has 1 fully saturated rings. The van der Waals surface area contributed by atoms with Crippen molar-refractivity contribution in [1.82, 2.24) is 29.2 Å². The number of benzene rings is 1. The van der Waals surface area contributed by atoms with Crippen molar-refractivity contribution in [1.29, 1.82) is 0 Å². The molecule has 0 spiro atoms. The SMILES string of the molecule is CC1(C)CN(C(=O)Cn2cn[nH]c2=O)C1c1nccn1-c1ccc(F)cc1. The summed E-state index contributed by atoms with van der Waals surface area (Å²) in [6.07, 6.45) is 4.76. The molecule has 0 bridgehead atoms. The van der Waals surface area contributed by atoms with Crippen molar-refractivity contribution in [2.75, 3.05) is 6.54 Å². The van der Waals surface area contributed by atoms with Crippen molar-refractivity contribution in [3.05, 3.63) is 65.1 Å². The number of H-pyrrole nitrogens is 1. The zero-order chi connectivity index (χ0) is 19.2. The van der Waals surface area contributed by atoms with Gasteiger partial charge in [-0.3, -0.25) is 9.36 Å². The maximum absolute atomic E-state index is 13.3. The molecule has 1 saturated heterocycles. The Morgan fingerprint density at radius 2 is 2.07 bits per heavy atom. The fourth-order valence-corrected chi connectivity index (χ4v) is 3.60. The van der Waals surface area contributed by atoms with Crippen LogP contribution in [-0.4, -0.2) is 41.7 Å². The quantitative estimate of drug-likeness (QED) is 0.754. The van der Waals surface area contributed by atoms with Crippen molar-refractivity contribution in [2.24, 2.45) is 5.41 Å². The largest absolute Gasteiger partial charge is 0.343 e. The molecular weight excluding hydrogens is 351 g/mol. The summed E-state index contributed by atoms with van der Waals surface area (Å²) < 4.78 is 16.3. The topological polar surface area (TPSA) is 88.8 Å². The lowest BCUT2D eigenvalue weighted by Crippen LogP contribution is -2.59. The Balaban J connectivity index is 1.64. The van der Waals surface area contributed by atoms with Crippen molar-refractivity contribution < 1.29 is 9.18 Å². The molecule has 1 atom stereocenters. The number of carbonyl (C=O) groups is 1. The van der Waals surface area contributed by atoms with Crippen LogP contribution in [-0.2, 0) is 11.3 Å². The van der Waals surface area contributed by atoms with Gasteiger partial charge in [-0.2, -0.15) is 5.10 Å². The van der Waals surface area contributed by atoms with Crippen molar-refractivity contribution in [3.63, 3.8) is 0 Å². The lowest BCUT2D eigenvalue weighted by Gasteiger charge is -2.53. The fraction of sp³-hybridized carbons (Fsp3) is 0.333. The molecule has 27 heavy (non-hydrogen) atoms. The van der Waals surface area contributed by atoms with E-state index in [1.165, 1.54) is 23.0 Å². The number of rotatable bonds is 4. The van der Waals surface area contributed by atoms with E-state index in [0.717, 1.165) is 5.69 Å². The normalized spacial score (nSPS) is 18.3. The third kappa shape index (κ3) is 2.94. The summed E-state index contributed by atoms with van der Waals surface area (Å²) in [6, 6.07) is 5.86. The highest BCUT2D eigenvalue weighted by Crippen LogP contribution is 2.48. The average molecular weight is 370 g/mol. The van der Waals surface area contributed by atoms with Gasteiger partial charge in [-0.15, -0.1) is 0 Å². The van der Waals surface area contributed by atoms with Gasteiger partial charge < -0.3 is 9.47 Å². The van der Waals surface area contributed by atoms with Gasteiger partial charge in [-0.25, -0.2) is 19.3 Å². The molecule has 1 aromatic carbocycles. The molecule has 3 heterocycles. The molecule has 1 aliphatic heterocycles. The van der Waals surface area contributed by atoms with E-state index in [1.807, 2.05) is 4.57 Å². The van der Waals surface area contributed by atoms with Crippen LogP contribution < -0.4 is 5.69 Å². The molecule has 140 valence electrons. The first-order valence-corrected chi connectivity index (χ1v) is 8.55. The predicted molar refractivity (Wildman–Crippen MR) is 94.6 cm³/mol. The zero-order valence-electron chi connectivity index (χ0n) is 15.0. The van der Waals surface area contributed by atoms with Gasteiger partial charge in [0.1, 0.15) is 24.5 Å². The van der Waals surface area contributed by atoms with Gasteiger partial charge in [-0.05, 0) is 24.3 Å². The van der Waals surface area contributed by atoms with Crippen LogP contribution in [0.15, 0.2) is 47.8 Å². The Morgan fingerprint density at radius 1 is 1.33 bits per heavy atom. The molecule has 2 aromatic heterocycles. The number of nitrogens with zero attached hydrogens (tertiary/aromatic N) is 5. The molecule has 1 unspecified atom stereocenters. The molecule has 9 heteroatoms. The van der Waals surface area contributed by atoms with E-state index >= 15 is 0 Å². The van der Waals surface area contributed by atoms with Gasteiger partial charge in [0.2, 0.25) is 5.91 Å². The van der Waals surface area contributed by atoms with Gasteiger partial charge in [0.25, 0.3) is 0 Å². The third-order valence-corrected chi connectivity index (χ3v) is 4.89. The number of aromatic amines is 1. The minimum Gasteiger partial charge on any atom is -0.330 e. The number of hydrogen-bond acceptors (Lipinski definition) is 4. The minimum absolute atomic E-state index is 0.0842. The first-order chi connectivity index (χ1) is 12.9. The number of aromatic nitrogens is 5. The molecule has 0 radical (unpaired) electrons. The number of carbonyl (C=O) groups excluding carboxylic acids is 1. The van der Waals surface area contributed by atoms with Gasteiger partial charge in [0.05, 0.1) is 6.04 Å². The Bertz CT molecular complexity index is 1030. The predicted octanol–water partition coefficient (Wildman–Crippen LogP) is 1.51.